The van der Waals surface area contributed by atoms with Crippen LogP contribution in [0.3, 0.4) is 0 Å². The van der Waals surface area contributed by atoms with Crippen molar-refractivity contribution in [1.29, 1.82) is 0 Å². The monoisotopic (exact) mass is 490 g/mol. The molecule has 0 N–H and O–H groups in total. The maximum Gasteiger partial charge on any atom is 0.251 e. The fourth-order valence-corrected chi connectivity index (χ4v) is 4.04. The molecule has 5 aromatic rings. The summed E-state index contributed by atoms with van der Waals surface area (Å²) in [5, 5.41) is 0.250. The molecule has 0 spiro atoms. The first-order chi connectivity index (χ1) is 16.3. The third-order valence-electron chi connectivity index (χ3n) is 5.50. The third kappa shape index (κ3) is 5.22. The van der Waals surface area contributed by atoms with Crippen molar-refractivity contribution in [2.75, 3.05) is 0 Å². The summed E-state index contributed by atoms with van der Waals surface area (Å²) in [5.41, 5.74) is 5.99. The highest BCUT2D eigenvalue weighted by molar-refractivity contribution is 6.30. The van der Waals surface area contributed by atoms with E-state index in [1.54, 1.807) is 30.2 Å². The Balaban J connectivity index is 0.000000398. The molecule has 7 heteroatoms. The number of imidazole rings is 1. The molecule has 5 rings (SSSR count). The van der Waals surface area contributed by atoms with Crippen molar-refractivity contribution in [3.05, 3.63) is 118 Å². The van der Waals surface area contributed by atoms with Gasteiger partial charge in [-0.3, -0.25) is 4.79 Å². The number of benzene rings is 2. The summed E-state index contributed by atoms with van der Waals surface area (Å²) in [6.07, 6.45) is 5.39. The molecule has 5 nitrogen and oxygen atoms in total. The Morgan fingerprint density at radius 1 is 0.971 bits per heavy atom. The zero-order valence-electron chi connectivity index (χ0n) is 19.1. The smallest absolute Gasteiger partial charge is 0.251 e. The van der Waals surface area contributed by atoms with Crippen LogP contribution < -0.4 is 5.56 Å². The first kappa shape index (κ1) is 23.7. The summed E-state index contributed by atoms with van der Waals surface area (Å²) in [5.74, 6) is 0. The molecule has 1 atom stereocenters. The Morgan fingerprint density at radius 3 is 2.35 bits per heavy atom. The number of fused-ring (bicyclic) bond motifs is 1. The number of alkyl halides is 1. The van der Waals surface area contributed by atoms with Gasteiger partial charge in [-0.2, -0.15) is 0 Å². The van der Waals surface area contributed by atoms with E-state index in [2.05, 4.69) is 11.1 Å². The van der Waals surface area contributed by atoms with Gasteiger partial charge < -0.3 is 9.13 Å². The zero-order chi connectivity index (χ0) is 24.2. The lowest BCUT2D eigenvalue weighted by Crippen LogP contribution is -2.17. The van der Waals surface area contributed by atoms with Crippen molar-refractivity contribution >= 4 is 34.2 Å². The van der Waals surface area contributed by atoms with E-state index in [-0.39, 0.29) is 5.56 Å². The molecule has 3 heterocycles. The van der Waals surface area contributed by atoms with Crippen LogP contribution in [0.4, 0.5) is 0 Å². The maximum absolute atomic E-state index is 12.5. The molecule has 0 saturated carbocycles. The highest BCUT2D eigenvalue weighted by Crippen LogP contribution is 2.32. The highest BCUT2D eigenvalue weighted by Gasteiger charge is 2.16. The average molecular weight is 491 g/mol. The fraction of sp³-hybridized carbons (Fsp3) is 0.148. The van der Waals surface area contributed by atoms with E-state index in [9.17, 15) is 4.79 Å². The van der Waals surface area contributed by atoms with Gasteiger partial charge in [0, 0.05) is 43.1 Å². The first-order valence-electron chi connectivity index (χ1n) is 10.7. The zero-order valence-corrected chi connectivity index (χ0v) is 20.6. The molecule has 0 aliphatic carbocycles. The molecule has 172 valence electrons. The summed E-state index contributed by atoms with van der Waals surface area (Å²) in [6.45, 7) is 2.03. The van der Waals surface area contributed by atoms with Gasteiger partial charge in [-0.25, -0.2) is 9.97 Å². The minimum Gasteiger partial charge on any atom is -0.341 e. The van der Waals surface area contributed by atoms with Gasteiger partial charge in [0.15, 0.2) is 0 Å². The van der Waals surface area contributed by atoms with Crippen LogP contribution in [-0.4, -0.2) is 19.1 Å². The van der Waals surface area contributed by atoms with Crippen molar-refractivity contribution in [3.8, 4) is 11.1 Å². The standard InChI is InChI=1S/C23H18Cl2N2O.C4H6N2/c1-14-4-3-5-16(12-14)18-13-21(28)27(2)20-11-10-19(26-23(18)20)22(25)15-6-8-17(24)9-7-15;1-6-3-2-5-4-6/h3-13,22H,1-2H3;2-4H,1H3. The van der Waals surface area contributed by atoms with E-state index in [0.29, 0.717) is 5.02 Å². The van der Waals surface area contributed by atoms with Gasteiger partial charge in [-0.1, -0.05) is 53.6 Å². The van der Waals surface area contributed by atoms with Gasteiger partial charge in [0.1, 0.15) is 5.38 Å². The molecule has 3 aromatic heterocycles. The van der Waals surface area contributed by atoms with Crippen molar-refractivity contribution in [2.24, 2.45) is 14.1 Å². The van der Waals surface area contributed by atoms with Crippen LogP contribution in [-0.2, 0) is 14.1 Å². The van der Waals surface area contributed by atoms with E-state index < -0.39 is 5.38 Å². The lowest BCUT2D eigenvalue weighted by atomic mass is 10.0. The van der Waals surface area contributed by atoms with E-state index in [4.69, 9.17) is 28.2 Å². The normalized spacial score (nSPS) is 11.7. The first-order valence-corrected chi connectivity index (χ1v) is 11.5. The van der Waals surface area contributed by atoms with Crippen LogP contribution >= 0.6 is 23.2 Å². The van der Waals surface area contributed by atoms with Gasteiger partial charge in [-0.15, -0.1) is 11.6 Å². The summed E-state index contributed by atoms with van der Waals surface area (Å²) < 4.78 is 3.50. The average Bonchev–Trinajstić information content (AvgIpc) is 3.32. The predicted molar refractivity (Wildman–Crippen MR) is 140 cm³/mol. The summed E-state index contributed by atoms with van der Waals surface area (Å²) in [4.78, 5) is 21.1. The van der Waals surface area contributed by atoms with Crippen LogP contribution in [0, 0.1) is 6.92 Å². The SMILES string of the molecule is Cc1cccc(-c2cc(=O)n(C)c3ccc(C(Cl)c4ccc(Cl)cc4)nc23)c1.Cn1ccnc1. The molecular formula is C27H24Cl2N4O. The fourth-order valence-electron chi connectivity index (χ4n) is 3.65. The number of aryl methyl sites for hydroxylation is 3. The number of pyridine rings is 2. The topological polar surface area (TPSA) is 52.7 Å². The van der Waals surface area contributed by atoms with Gasteiger partial charge in [-0.05, 0) is 42.3 Å². The number of nitrogens with zero attached hydrogens (tertiary/aromatic N) is 4. The lowest BCUT2D eigenvalue weighted by Gasteiger charge is -2.14. The van der Waals surface area contributed by atoms with Gasteiger partial charge >= 0.3 is 0 Å². The van der Waals surface area contributed by atoms with Crippen LogP contribution in [0.1, 0.15) is 22.2 Å². The molecule has 0 aliphatic heterocycles. The number of hydrogen-bond donors (Lipinski definition) is 0. The number of hydrogen-bond acceptors (Lipinski definition) is 3. The van der Waals surface area contributed by atoms with Crippen molar-refractivity contribution in [1.82, 2.24) is 19.1 Å². The Bertz CT molecular complexity index is 1480. The molecule has 34 heavy (non-hydrogen) atoms. The maximum atomic E-state index is 12.5. The van der Waals surface area contributed by atoms with Gasteiger partial charge in [0.05, 0.1) is 23.1 Å². The minimum absolute atomic E-state index is 0.0707. The molecular weight excluding hydrogens is 467 g/mol. The molecule has 0 aliphatic rings. The molecule has 0 radical (unpaired) electrons. The van der Waals surface area contributed by atoms with E-state index in [0.717, 1.165) is 39.0 Å². The van der Waals surface area contributed by atoms with Crippen molar-refractivity contribution in [2.45, 2.75) is 12.3 Å². The van der Waals surface area contributed by atoms with Crippen molar-refractivity contribution in [3.63, 3.8) is 0 Å². The quantitative estimate of drug-likeness (QED) is 0.278. The van der Waals surface area contributed by atoms with E-state index in [1.807, 2.05) is 79.3 Å². The van der Waals surface area contributed by atoms with Crippen LogP contribution in [0.25, 0.3) is 22.2 Å². The number of halogens is 2. The summed E-state index contributed by atoms with van der Waals surface area (Å²) >= 11 is 12.7. The van der Waals surface area contributed by atoms with Crippen LogP contribution in [0.15, 0.2) is 90.2 Å². The Labute approximate surface area is 208 Å². The second-order valence-electron chi connectivity index (χ2n) is 8.07. The largest absolute Gasteiger partial charge is 0.341 e. The molecule has 0 saturated heterocycles. The molecule has 0 bridgehead atoms. The summed E-state index contributed by atoms with van der Waals surface area (Å²) in [6, 6.07) is 20.9. The minimum atomic E-state index is -0.413. The highest BCUT2D eigenvalue weighted by atomic mass is 35.5. The summed E-state index contributed by atoms with van der Waals surface area (Å²) in [7, 11) is 3.69. The van der Waals surface area contributed by atoms with Crippen LogP contribution in [0.2, 0.25) is 5.02 Å². The Morgan fingerprint density at radius 2 is 1.74 bits per heavy atom. The lowest BCUT2D eigenvalue weighted by molar-refractivity contribution is 0.901. The molecule has 2 aromatic carbocycles. The Hall–Kier alpha value is -3.41. The second-order valence-corrected chi connectivity index (χ2v) is 8.94. The molecule has 0 amide bonds. The van der Waals surface area contributed by atoms with Gasteiger partial charge in [0.2, 0.25) is 0 Å². The Kier molecular flexibility index (Phi) is 7.15. The van der Waals surface area contributed by atoms with Gasteiger partial charge in [0.25, 0.3) is 5.56 Å². The second kappa shape index (κ2) is 10.2. The van der Waals surface area contributed by atoms with Crippen molar-refractivity contribution < 1.29 is 0 Å². The van der Waals surface area contributed by atoms with E-state index in [1.165, 1.54) is 0 Å². The molecule has 1 unspecified atom stereocenters. The molecule has 0 fully saturated rings. The predicted octanol–water partition coefficient (Wildman–Crippen LogP) is 6.31. The number of aromatic nitrogens is 4. The third-order valence-corrected chi connectivity index (χ3v) is 6.23. The number of rotatable bonds is 3. The van der Waals surface area contributed by atoms with E-state index >= 15 is 0 Å². The van der Waals surface area contributed by atoms with Crippen LogP contribution in [0.5, 0.6) is 0 Å².